The summed E-state index contributed by atoms with van der Waals surface area (Å²) in [5.41, 5.74) is 2.30. The van der Waals surface area contributed by atoms with Crippen molar-refractivity contribution in [1.29, 1.82) is 0 Å². The van der Waals surface area contributed by atoms with Gasteiger partial charge in [0.2, 0.25) is 5.43 Å². The summed E-state index contributed by atoms with van der Waals surface area (Å²) >= 11 is 0. The maximum absolute atomic E-state index is 15.6. The summed E-state index contributed by atoms with van der Waals surface area (Å²) in [6.07, 6.45) is 6.88. The number of pyridine rings is 3. The second kappa shape index (κ2) is 9.23. The average molecular weight is 560 g/mol. The van der Waals surface area contributed by atoms with Gasteiger partial charge in [0.05, 0.1) is 33.1 Å². The van der Waals surface area contributed by atoms with Crippen molar-refractivity contribution in [2.45, 2.75) is 18.9 Å². The van der Waals surface area contributed by atoms with Crippen LogP contribution in [0.2, 0.25) is 0 Å². The molecule has 0 radical (unpaired) electrons. The lowest BCUT2D eigenvalue weighted by Gasteiger charge is -2.37. The lowest BCUT2D eigenvalue weighted by molar-refractivity contribution is 0.0695. The van der Waals surface area contributed by atoms with Gasteiger partial charge in [0.1, 0.15) is 16.9 Å². The number of fused-ring (bicyclic) bond motifs is 4. The minimum atomic E-state index is -1.33. The van der Waals surface area contributed by atoms with Crippen LogP contribution in [0.1, 0.15) is 23.2 Å². The second-order valence-corrected chi connectivity index (χ2v) is 10.7. The Hall–Kier alpha value is -4.58. The number of hydrogen-bond donors (Lipinski definition) is 3. The van der Waals surface area contributed by atoms with Gasteiger partial charge in [-0.05, 0) is 18.9 Å². The molecule has 0 unspecified atom stereocenters. The maximum atomic E-state index is 15.6. The molecule has 210 valence electrons. The number of carboxylic acid groups (broad SMARTS) is 1. The van der Waals surface area contributed by atoms with Crippen LogP contribution in [0.4, 0.5) is 20.2 Å². The molecule has 7 rings (SSSR count). The first-order valence-corrected chi connectivity index (χ1v) is 13.5. The molecule has 5 heterocycles. The first kappa shape index (κ1) is 25.4. The highest BCUT2D eigenvalue weighted by Gasteiger charge is 2.33. The standard InChI is InChI=1S/C29H27F2N7O3/c1-32-20-10-19(30)23(31)21-22-25(38-7-5-37(6-8-38)15-3-4-15)17(12-33-27(22)35-24(20)21)14-9-16-26(39)18(29(40)41)13-36(2)28(16)34-11-14/h9-13,15,32H,3-8H2,1-2H3,(H,33,35)(H,40,41). The zero-order valence-electron chi connectivity index (χ0n) is 22.5. The largest absolute Gasteiger partial charge is 0.477 e. The highest BCUT2D eigenvalue weighted by atomic mass is 19.2. The fourth-order valence-electron chi connectivity index (χ4n) is 6.09. The summed E-state index contributed by atoms with van der Waals surface area (Å²) in [7, 11) is 3.27. The van der Waals surface area contributed by atoms with Gasteiger partial charge in [0.25, 0.3) is 0 Å². The van der Waals surface area contributed by atoms with E-state index in [1.165, 1.54) is 23.6 Å². The van der Waals surface area contributed by atoms with Crippen LogP contribution in [0.15, 0.2) is 35.5 Å². The van der Waals surface area contributed by atoms with Crippen LogP contribution in [0.3, 0.4) is 0 Å². The van der Waals surface area contributed by atoms with E-state index in [2.05, 4.69) is 30.1 Å². The number of benzene rings is 1. The molecule has 5 aromatic rings. The third-order valence-corrected chi connectivity index (χ3v) is 8.28. The Kier molecular flexibility index (Phi) is 5.72. The van der Waals surface area contributed by atoms with Crippen LogP contribution < -0.4 is 15.6 Å². The van der Waals surface area contributed by atoms with E-state index in [-0.39, 0.29) is 16.3 Å². The molecule has 1 aromatic carbocycles. The predicted molar refractivity (Wildman–Crippen MR) is 153 cm³/mol. The molecule has 1 saturated carbocycles. The Labute approximate surface area is 232 Å². The molecule has 3 N–H and O–H groups in total. The summed E-state index contributed by atoms with van der Waals surface area (Å²) in [6, 6.07) is 3.33. The first-order chi connectivity index (χ1) is 19.8. The fraction of sp³-hybridized carbons (Fsp3) is 0.310. The molecule has 0 bridgehead atoms. The van der Waals surface area contributed by atoms with Crippen LogP contribution in [0, 0.1) is 11.6 Å². The number of nitrogens with zero attached hydrogens (tertiary/aromatic N) is 5. The van der Waals surface area contributed by atoms with Gasteiger partial charge >= 0.3 is 5.97 Å². The molecule has 2 aliphatic rings. The number of carboxylic acids is 1. The van der Waals surface area contributed by atoms with E-state index in [1.807, 2.05) is 0 Å². The van der Waals surface area contributed by atoms with Crippen LogP contribution in [-0.2, 0) is 7.05 Å². The molecule has 1 aliphatic heterocycles. The van der Waals surface area contributed by atoms with Gasteiger partial charge < -0.3 is 24.9 Å². The number of piperazine rings is 1. The lowest BCUT2D eigenvalue weighted by Crippen LogP contribution is -2.47. The van der Waals surface area contributed by atoms with Gasteiger partial charge in [0, 0.05) is 82.1 Å². The van der Waals surface area contributed by atoms with E-state index < -0.39 is 23.0 Å². The van der Waals surface area contributed by atoms with Crippen molar-refractivity contribution < 1.29 is 18.7 Å². The number of hydrogen-bond acceptors (Lipinski definition) is 7. The van der Waals surface area contributed by atoms with E-state index in [0.29, 0.717) is 63.8 Å². The smallest absolute Gasteiger partial charge is 0.341 e. The van der Waals surface area contributed by atoms with Crippen molar-refractivity contribution in [1.82, 2.24) is 24.4 Å². The van der Waals surface area contributed by atoms with Gasteiger partial charge in [0.15, 0.2) is 11.6 Å². The molecular weight excluding hydrogens is 532 g/mol. The van der Waals surface area contributed by atoms with Gasteiger partial charge in [-0.1, -0.05) is 0 Å². The van der Waals surface area contributed by atoms with Crippen molar-refractivity contribution in [3.63, 3.8) is 0 Å². The van der Waals surface area contributed by atoms with E-state index in [0.717, 1.165) is 19.2 Å². The Balaban J connectivity index is 1.51. The number of halogens is 2. The zero-order valence-corrected chi connectivity index (χ0v) is 22.5. The van der Waals surface area contributed by atoms with Crippen molar-refractivity contribution in [2.75, 3.05) is 43.4 Å². The van der Waals surface area contributed by atoms with E-state index >= 15 is 4.39 Å². The predicted octanol–water partition coefficient (Wildman–Crippen LogP) is 3.93. The van der Waals surface area contributed by atoms with Crippen molar-refractivity contribution >= 4 is 50.3 Å². The van der Waals surface area contributed by atoms with Crippen molar-refractivity contribution in [2.24, 2.45) is 7.05 Å². The number of rotatable bonds is 5. The lowest BCUT2D eigenvalue weighted by atomic mass is 10.0. The minimum absolute atomic E-state index is 0.0937. The van der Waals surface area contributed by atoms with Crippen molar-refractivity contribution in [3.8, 4) is 11.1 Å². The van der Waals surface area contributed by atoms with E-state index in [4.69, 9.17) is 0 Å². The van der Waals surface area contributed by atoms with Crippen LogP contribution in [0.5, 0.6) is 0 Å². The maximum Gasteiger partial charge on any atom is 0.341 e. The number of aromatic amines is 1. The van der Waals surface area contributed by atoms with Gasteiger partial charge in [-0.3, -0.25) is 9.69 Å². The highest BCUT2D eigenvalue weighted by molar-refractivity contribution is 6.18. The van der Waals surface area contributed by atoms with Crippen LogP contribution in [-0.4, -0.2) is 74.8 Å². The first-order valence-electron chi connectivity index (χ1n) is 13.5. The van der Waals surface area contributed by atoms with Crippen LogP contribution >= 0.6 is 0 Å². The average Bonchev–Trinajstić information content (AvgIpc) is 3.75. The van der Waals surface area contributed by atoms with Crippen LogP contribution in [0.25, 0.3) is 44.1 Å². The third kappa shape index (κ3) is 3.92. The quantitative estimate of drug-likeness (QED) is 0.296. The SMILES string of the molecule is CNc1cc(F)c(F)c2c1[nH]c1ncc(-c3cnc4c(c3)c(=O)c(C(=O)O)cn4C)c(N3CCN(C4CC4)CC3)c12. The monoisotopic (exact) mass is 559 g/mol. The molecule has 0 spiro atoms. The number of nitrogens with one attached hydrogen (secondary N) is 2. The van der Waals surface area contributed by atoms with Gasteiger partial charge in [-0.2, -0.15) is 0 Å². The van der Waals surface area contributed by atoms with Gasteiger partial charge in [-0.15, -0.1) is 0 Å². The molecule has 0 amide bonds. The van der Waals surface area contributed by atoms with Gasteiger partial charge in [-0.25, -0.2) is 23.5 Å². The summed E-state index contributed by atoms with van der Waals surface area (Å²) < 4.78 is 31.9. The number of aromatic nitrogens is 4. The third-order valence-electron chi connectivity index (χ3n) is 8.28. The number of H-pyrrole nitrogens is 1. The normalized spacial score (nSPS) is 16.2. The van der Waals surface area contributed by atoms with E-state index in [1.54, 1.807) is 32.6 Å². The minimum Gasteiger partial charge on any atom is -0.477 e. The Bertz CT molecular complexity index is 1960. The Morgan fingerprint density at radius 3 is 2.54 bits per heavy atom. The number of anilines is 2. The fourth-order valence-corrected chi connectivity index (χ4v) is 6.09. The summed E-state index contributed by atoms with van der Waals surface area (Å²) in [6.45, 7) is 2.98. The molecule has 41 heavy (non-hydrogen) atoms. The summed E-state index contributed by atoms with van der Waals surface area (Å²) in [5.74, 6) is -3.28. The summed E-state index contributed by atoms with van der Waals surface area (Å²) in [5, 5.41) is 13.2. The summed E-state index contributed by atoms with van der Waals surface area (Å²) in [4.78, 5) is 41.8. The molecule has 4 aromatic heterocycles. The van der Waals surface area contributed by atoms with Crippen molar-refractivity contribution in [3.05, 3.63) is 58.1 Å². The molecule has 0 atom stereocenters. The molecule has 10 nitrogen and oxygen atoms in total. The highest BCUT2D eigenvalue weighted by Crippen LogP contribution is 2.44. The molecule has 1 aliphatic carbocycles. The molecular formula is C29H27F2N7O3. The zero-order chi connectivity index (χ0) is 28.6. The second-order valence-electron chi connectivity index (χ2n) is 10.7. The molecule has 1 saturated heterocycles. The number of aromatic carboxylic acids is 1. The molecule has 2 fully saturated rings. The number of carbonyl (C=O) groups is 1. The molecule has 12 heteroatoms. The van der Waals surface area contributed by atoms with E-state index in [9.17, 15) is 19.1 Å². The number of aryl methyl sites for hydroxylation is 1. The topological polar surface area (TPSA) is 119 Å². The Morgan fingerprint density at radius 1 is 1.10 bits per heavy atom. The Morgan fingerprint density at radius 2 is 1.85 bits per heavy atom.